The van der Waals surface area contributed by atoms with E-state index in [9.17, 15) is 14.4 Å². The summed E-state index contributed by atoms with van der Waals surface area (Å²) in [6.45, 7) is 6.48. The van der Waals surface area contributed by atoms with Gasteiger partial charge in [-0.2, -0.15) is 0 Å². The second-order valence-electron chi connectivity index (χ2n) is 7.08. The predicted molar refractivity (Wildman–Crippen MR) is 89.1 cm³/mol. The van der Waals surface area contributed by atoms with Crippen LogP contribution in [0.3, 0.4) is 0 Å². The van der Waals surface area contributed by atoms with Crippen molar-refractivity contribution >= 4 is 17.6 Å². The minimum Gasteiger partial charge on any atom is -0.369 e. The molecule has 2 rings (SSSR count). The van der Waals surface area contributed by atoms with Gasteiger partial charge in [-0.25, -0.2) is 0 Å². The summed E-state index contributed by atoms with van der Waals surface area (Å²) in [6.07, 6.45) is 2.93. The van der Waals surface area contributed by atoms with Gasteiger partial charge in [0.1, 0.15) is 12.6 Å². The second kappa shape index (κ2) is 8.58. The van der Waals surface area contributed by atoms with Crippen LogP contribution < -0.4 is 11.1 Å². The minimum atomic E-state index is -0.554. The van der Waals surface area contributed by atoms with Crippen LogP contribution in [0.4, 0.5) is 0 Å². The largest absolute Gasteiger partial charge is 0.369 e. The maximum absolute atomic E-state index is 12.2. The van der Waals surface area contributed by atoms with Crippen LogP contribution in [0, 0.1) is 11.8 Å². The van der Waals surface area contributed by atoms with E-state index in [4.69, 9.17) is 10.5 Å². The van der Waals surface area contributed by atoms with Crippen molar-refractivity contribution in [1.82, 2.24) is 10.2 Å². The zero-order chi connectivity index (χ0) is 17.7. The maximum atomic E-state index is 12.2. The Labute approximate surface area is 143 Å². The molecule has 4 atom stereocenters. The molecule has 2 aliphatic heterocycles. The van der Waals surface area contributed by atoms with Crippen molar-refractivity contribution in [2.45, 2.75) is 51.7 Å². The predicted octanol–water partition coefficient (Wildman–Crippen LogP) is 0.0726. The lowest BCUT2D eigenvalue weighted by molar-refractivity contribution is -0.127. The summed E-state index contributed by atoms with van der Waals surface area (Å²) < 4.78 is 5.57. The number of rotatable bonds is 8. The van der Waals surface area contributed by atoms with Crippen LogP contribution in [0.2, 0.25) is 0 Å². The molecule has 2 aliphatic rings. The fourth-order valence-corrected chi connectivity index (χ4v) is 3.27. The summed E-state index contributed by atoms with van der Waals surface area (Å²) in [5, 5.41) is 2.82. The monoisotopic (exact) mass is 339 g/mol. The molecule has 0 spiro atoms. The van der Waals surface area contributed by atoms with Crippen molar-refractivity contribution in [2.24, 2.45) is 17.6 Å². The number of carbonyl (C=O) groups excluding carboxylic acids is 3. The van der Waals surface area contributed by atoms with E-state index in [0.29, 0.717) is 13.0 Å². The van der Waals surface area contributed by atoms with Crippen LogP contribution in [-0.2, 0) is 19.1 Å². The maximum Gasteiger partial charge on any atom is 0.220 e. The summed E-state index contributed by atoms with van der Waals surface area (Å²) in [5.41, 5.74) is 5.28. The summed E-state index contributed by atoms with van der Waals surface area (Å²) in [6, 6.07) is -0.554. The van der Waals surface area contributed by atoms with Crippen LogP contribution >= 0.6 is 0 Å². The van der Waals surface area contributed by atoms with Crippen molar-refractivity contribution in [3.8, 4) is 0 Å². The molecule has 0 aliphatic carbocycles. The van der Waals surface area contributed by atoms with Gasteiger partial charge in [0.25, 0.3) is 0 Å². The van der Waals surface area contributed by atoms with Crippen LogP contribution in [0.5, 0.6) is 0 Å². The van der Waals surface area contributed by atoms with Gasteiger partial charge in [-0.05, 0) is 38.3 Å². The molecule has 2 saturated heterocycles. The first-order valence-electron chi connectivity index (χ1n) is 8.84. The van der Waals surface area contributed by atoms with E-state index in [1.54, 1.807) is 6.92 Å². The molecule has 7 heteroatoms. The number of nitrogens with two attached hydrogens (primary N) is 1. The number of carbonyl (C=O) groups is 3. The minimum absolute atomic E-state index is 0.0316. The van der Waals surface area contributed by atoms with Gasteiger partial charge >= 0.3 is 0 Å². The Balaban J connectivity index is 1.80. The summed E-state index contributed by atoms with van der Waals surface area (Å²) >= 11 is 0. The number of Topliss-reactive ketones (excluding diaryl/α,β-unsaturated/α-hetero) is 1. The van der Waals surface area contributed by atoms with Crippen LogP contribution in [-0.4, -0.2) is 60.9 Å². The number of amides is 2. The van der Waals surface area contributed by atoms with Gasteiger partial charge in [-0.15, -0.1) is 0 Å². The summed E-state index contributed by atoms with van der Waals surface area (Å²) in [4.78, 5) is 37.6. The quantitative estimate of drug-likeness (QED) is 0.652. The van der Waals surface area contributed by atoms with Gasteiger partial charge < -0.3 is 20.7 Å². The lowest BCUT2D eigenvalue weighted by Gasteiger charge is -2.24. The van der Waals surface area contributed by atoms with E-state index in [2.05, 4.69) is 10.2 Å². The molecule has 24 heavy (non-hydrogen) atoms. The molecule has 2 heterocycles. The third kappa shape index (κ3) is 5.01. The molecule has 0 saturated carbocycles. The summed E-state index contributed by atoms with van der Waals surface area (Å²) in [5.74, 6) is -0.825. The Hall–Kier alpha value is -1.47. The molecule has 0 aromatic rings. The van der Waals surface area contributed by atoms with Crippen LogP contribution in [0.1, 0.15) is 39.5 Å². The van der Waals surface area contributed by atoms with Gasteiger partial charge in [0.2, 0.25) is 11.8 Å². The molecule has 3 N–H and O–H groups in total. The molecule has 0 aromatic heterocycles. The third-order valence-electron chi connectivity index (χ3n) is 5.24. The van der Waals surface area contributed by atoms with E-state index < -0.39 is 6.04 Å². The first-order valence-corrected chi connectivity index (χ1v) is 8.84. The van der Waals surface area contributed by atoms with Crippen molar-refractivity contribution in [1.29, 1.82) is 0 Å². The van der Waals surface area contributed by atoms with Gasteiger partial charge in [0.05, 0.1) is 6.10 Å². The number of nitrogens with one attached hydrogen (secondary N) is 1. The Morgan fingerprint density at radius 1 is 1.33 bits per heavy atom. The number of likely N-dealkylation sites (tertiary alicyclic amines) is 1. The normalized spacial score (nSPS) is 27.2. The second-order valence-corrected chi connectivity index (χ2v) is 7.08. The number of ether oxygens (including phenoxy) is 1. The molecule has 2 amide bonds. The molecular weight excluding hydrogens is 310 g/mol. The molecule has 0 aromatic carbocycles. The van der Waals surface area contributed by atoms with Crippen molar-refractivity contribution in [3.05, 3.63) is 0 Å². The average Bonchev–Trinajstić information content (AvgIpc) is 3.17. The molecule has 0 radical (unpaired) electrons. The zero-order valence-corrected chi connectivity index (χ0v) is 14.6. The number of primary amides is 1. The first kappa shape index (κ1) is 18.9. The van der Waals surface area contributed by atoms with Gasteiger partial charge in [0.15, 0.2) is 5.78 Å². The van der Waals surface area contributed by atoms with E-state index in [-0.39, 0.29) is 48.6 Å². The van der Waals surface area contributed by atoms with E-state index in [0.717, 1.165) is 13.1 Å². The first-order chi connectivity index (χ1) is 11.4. The molecule has 7 nitrogen and oxygen atoms in total. The lowest BCUT2D eigenvalue weighted by Crippen LogP contribution is -2.48. The third-order valence-corrected chi connectivity index (χ3v) is 5.24. The van der Waals surface area contributed by atoms with Crippen LogP contribution in [0.25, 0.3) is 0 Å². The highest BCUT2D eigenvalue weighted by molar-refractivity contribution is 5.91. The highest BCUT2D eigenvalue weighted by Gasteiger charge is 2.38. The Bertz CT molecular complexity index is 476. The Morgan fingerprint density at radius 3 is 2.62 bits per heavy atom. The van der Waals surface area contributed by atoms with Crippen molar-refractivity contribution in [3.63, 3.8) is 0 Å². The summed E-state index contributed by atoms with van der Waals surface area (Å²) in [7, 11) is 0. The lowest BCUT2D eigenvalue weighted by atomic mass is 9.91. The molecule has 4 unspecified atom stereocenters. The fourth-order valence-electron chi connectivity index (χ4n) is 3.27. The van der Waals surface area contributed by atoms with Crippen LogP contribution in [0.15, 0.2) is 0 Å². The fraction of sp³-hybridized carbons (Fsp3) is 0.824. The number of ketones is 1. The topological polar surface area (TPSA) is 102 Å². The Morgan fingerprint density at radius 2 is 2.00 bits per heavy atom. The average molecular weight is 339 g/mol. The molecule has 0 bridgehead atoms. The number of hydrogen-bond acceptors (Lipinski definition) is 5. The van der Waals surface area contributed by atoms with E-state index >= 15 is 0 Å². The van der Waals surface area contributed by atoms with E-state index in [1.807, 2.05) is 6.92 Å². The Kier molecular flexibility index (Phi) is 6.74. The van der Waals surface area contributed by atoms with Crippen molar-refractivity contribution in [2.75, 3.05) is 26.2 Å². The standard InChI is InChI=1S/C17H29N3O4/c1-11(12(2)17(18)23)5-6-15(22)19-16-13(21)10-24-14(16)9-20-7-3-4-8-20/h11-12,14,16H,3-10H2,1-2H3,(H2,18,23)(H,19,22). The number of hydrogen-bond donors (Lipinski definition) is 2. The number of nitrogens with zero attached hydrogens (tertiary/aromatic N) is 1. The zero-order valence-electron chi connectivity index (χ0n) is 14.6. The van der Waals surface area contributed by atoms with Gasteiger partial charge in [0, 0.05) is 18.9 Å². The van der Waals surface area contributed by atoms with E-state index in [1.165, 1.54) is 12.8 Å². The van der Waals surface area contributed by atoms with Gasteiger partial charge in [-0.3, -0.25) is 14.4 Å². The smallest absolute Gasteiger partial charge is 0.220 e. The highest BCUT2D eigenvalue weighted by Crippen LogP contribution is 2.18. The molecule has 2 fully saturated rings. The van der Waals surface area contributed by atoms with Crippen molar-refractivity contribution < 1.29 is 19.1 Å². The van der Waals surface area contributed by atoms with Gasteiger partial charge in [-0.1, -0.05) is 13.8 Å². The SMILES string of the molecule is CC(CCC(=O)NC1C(=O)COC1CN1CCCC1)C(C)C(N)=O. The molecular formula is C17H29N3O4. The highest BCUT2D eigenvalue weighted by atomic mass is 16.5. The molecule has 136 valence electrons.